The van der Waals surface area contributed by atoms with Crippen molar-refractivity contribution in [3.05, 3.63) is 63.2 Å². The fraction of sp³-hybridized carbons (Fsp3) is 0.222. The van der Waals surface area contributed by atoms with Gasteiger partial charge in [0.25, 0.3) is 0 Å². The molecule has 0 bridgehead atoms. The summed E-state index contributed by atoms with van der Waals surface area (Å²) in [5.74, 6) is 0. The van der Waals surface area contributed by atoms with Crippen LogP contribution in [0.3, 0.4) is 0 Å². The van der Waals surface area contributed by atoms with Crippen LogP contribution < -0.4 is 4.72 Å². The largest absolute Gasteiger partial charge is 0.361 e. The van der Waals surface area contributed by atoms with Crippen LogP contribution in [0.2, 0.25) is 15.1 Å². The standard InChI is InChI=1S/C18H17Cl3N2O2S/c1-18(2,13-9-22-16-6-4-3-5-12(13)16)10-23-26(24,25)17-14(20)7-11(19)8-15(17)21/h3-9,22-23H,10H2,1-2H3. The van der Waals surface area contributed by atoms with Gasteiger partial charge in [0.2, 0.25) is 10.0 Å². The lowest BCUT2D eigenvalue weighted by molar-refractivity contribution is 0.505. The second-order valence-corrected chi connectivity index (χ2v) is 9.61. The van der Waals surface area contributed by atoms with Crippen LogP contribution in [-0.4, -0.2) is 19.9 Å². The average Bonchev–Trinajstić information content (AvgIpc) is 2.97. The van der Waals surface area contributed by atoms with Crippen molar-refractivity contribution in [1.82, 2.24) is 9.71 Å². The number of benzene rings is 2. The molecule has 0 saturated carbocycles. The molecule has 0 atom stereocenters. The van der Waals surface area contributed by atoms with Gasteiger partial charge in [-0.05, 0) is 23.8 Å². The first-order valence-corrected chi connectivity index (χ1v) is 10.4. The minimum absolute atomic E-state index is 0.0140. The van der Waals surface area contributed by atoms with Gasteiger partial charge in [0.05, 0.1) is 10.0 Å². The highest BCUT2D eigenvalue weighted by atomic mass is 35.5. The number of fused-ring (bicyclic) bond motifs is 1. The van der Waals surface area contributed by atoms with Crippen LogP contribution >= 0.6 is 34.8 Å². The third-order valence-electron chi connectivity index (χ3n) is 4.25. The smallest absolute Gasteiger partial charge is 0.243 e. The molecule has 138 valence electrons. The Bertz CT molecular complexity index is 1050. The summed E-state index contributed by atoms with van der Waals surface area (Å²) >= 11 is 18.0. The van der Waals surface area contributed by atoms with E-state index in [4.69, 9.17) is 34.8 Å². The van der Waals surface area contributed by atoms with Crippen molar-refractivity contribution in [2.45, 2.75) is 24.2 Å². The molecule has 2 N–H and O–H groups in total. The van der Waals surface area contributed by atoms with E-state index in [0.29, 0.717) is 0 Å². The number of para-hydroxylation sites is 1. The molecule has 0 aliphatic heterocycles. The molecule has 0 spiro atoms. The van der Waals surface area contributed by atoms with Crippen molar-refractivity contribution >= 4 is 55.7 Å². The van der Waals surface area contributed by atoms with Gasteiger partial charge in [0.15, 0.2) is 0 Å². The Balaban J connectivity index is 1.90. The molecule has 1 aromatic heterocycles. The van der Waals surface area contributed by atoms with Gasteiger partial charge in [0.1, 0.15) is 4.90 Å². The van der Waals surface area contributed by atoms with E-state index < -0.39 is 15.4 Å². The van der Waals surface area contributed by atoms with E-state index in [9.17, 15) is 8.42 Å². The van der Waals surface area contributed by atoms with Crippen LogP contribution in [-0.2, 0) is 15.4 Å². The molecule has 0 fully saturated rings. The predicted octanol–water partition coefficient (Wildman–Crippen LogP) is 5.38. The first-order valence-electron chi connectivity index (χ1n) is 7.83. The van der Waals surface area contributed by atoms with Crippen molar-refractivity contribution in [1.29, 1.82) is 0 Å². The molecule has 3 rings (SSSR count). The Labute approximate surface area is 167 Å². The minimum Gasteiger partial charge on any atom is -0.361 e. The number of nitrogens with one attached hydrogen (secondary N) is 2. The maximum Gasteiger partial charge on any atom is 0.243 e. The molecule has 0 saturated heterocycles. The van der Waals surface area contributed by atoms with Gasteiger partial charge in [-0.1, -0.05) is 66.8 Å². The van der Waals surface area contributed by atoms with Gasteiger partial charge >= 0.3 is 0 Å². The fourth-order valence-corrected chi connectivity index (χ4v) is 5.61. The highest BCUT2D eigenvalue weighted by Crippen LogP contribution is 2.34. The quantitative estimate of drug-likeness (QED) is 0.569. The summed E-state index contributed by atoms with van der Waals surface area (Å²) in [5.41, 5.74) is 1.56. The zero-order chi connectivity index (χ0) is 19.1. The Hall–Kier alpha value is -1.24. The zero-order valence-corrected chi connectivity index (χ0v) is 17.2. The number of hydrogen-bond donors (Lipinski definition) is 2. The SMILES string of the molecule is CC(C)(CNS(=O)(=O)c1c(Cl)cc(Cl)cc1Cl)c1c[nH]c2ccccc12. The fourth-order valence-electron chi connectivity index (χ4n) is 2.86. The molecule has 8 heteroatoms. The Morgan fingerprint density at radius 1 is 1.08 bits per heavy atom. The molecule has 0 radical (unpaired) electrons. The Morgan fingerprint density at radius 2 is 1.69 bits per heavy atom. The monoisotopic (exact) mass is 430 g/mol. The van der Waals surface area contributed by atoms with Crippen LogP contribution in [0.1, 0.15) is 19.4 Å². The van der Waals surface area contributed by atoms with Gasteiger partial charge in [-0.2, -0.15) is 0 Å². The minimum atomic E-state index is -3.90. The molecule has 26 heavy (non-hydrogen) atoms. The Kier molecular flexibility index (Phi) is 5.30. The molecule has 2 aromatic carbocycles. The van der Waals surface area contributed by atoms with Crippen molar-refractivity contribution in [3.63, 3.8) is 0 Å². The van der Waals surface area contributed by atoms with E-state index in [0.717, 1.165) is 16.5 Å². The molecule has 4 nitrogen and oxygen atoms in total. The lowest BCUT2D eigenvalue weighted by atomic mass is 9.85. The number of hydrogen-bond acceptors (Lipinski definition) is 2. The Morgan fingerprint density at radius 3 is 2.35 bits per heavy atom. The molecule has 0 aliphatic carbocycles. The summed E-state index contributed by atoms with van der Waals surface area (Å²) in [6, 6.07) is 10.6. The lowest BCUT2D eigenvalue weighted by Gasteiger charge is -2.25. The summed E-state index contributed by atoms with van der Waals surface area (Å²) in [6.45, 7) is 4.11. The summed E-state index contributed by atoms with van der Waals surface area (Å²) in [7, 11) is -3.90. The van der Waals surface area contributed by atoms with Crippen molar-refractivity contribution in [2.75, 3.05) is 6.54 Å². The van der Waals surface area contributed by atoms with Crippen LogP contribution in [0.25, 0.3) is 10.9 Å². The average molecular weight is 432 g/mol. The number of aromatic nitrogens is 1. The number of rotatable bonds is 5. The lowest BCUT2D eigenvalue weighted by Crippen LogP contribution is -2.36. The summed E-state index contributed by atoms with van der Waals surface area (Å²) in [5, 5.41) is 1.30. The molecule has 0 unspecified atom stereocenters. The van der Waals surface area contributed by atoms with Gasteiger partial charge in [-0.3, -0.25) is 0 Å². The van der Waals surface area contributed by atoms with E-state index >= 15 is 0 Å². The van der Waals surface area contributed by atoms with E-state index in [1.165, 1.54) is 12.1 Å². The van der Waals surface area contributed by atoms with E-state index in [1.807, 2.05) is 44.3 Å². The highest BCUT2D eigenvalue weighted by Gasteiger charge is 2.29. The third-order valence-corrected chi connectivity index (χ3v) is 6.79. The number of sulfonamides is 1. The first-order chi connectivity index (χ1) is 12.1. The van der Waals surface area contributed by atoms with Crippen molar-refractivity contribution < 1.29 is 8.42 Å². The second-order valence-electron chi connectivity index (χ2n) is 6.65. The van der Waals surface area contributed by atoms with Gasteiger partial charge in [-0.25, -0.2) is 13.1 Å². The molecule has 1 heterocycles. The molecule has 3 aromatic rings. The first kappa shape index (κ1) is 19.5. The second kappa shape index (κ2) is 7.06. The summed E-state index contributed by atoms with van der Waals surface area (Å²) in [4.78, 5) is 3.05. The summed E-state index contributed by atoms with van der Waals surface area (Å²) < 4.78 is 28.1. The normalized spacial score (nSPS) is 12.7. The summed E-state index contributed by atoms with van der Waals surface area (Å²) in [6.07, 6.45) is 1.90. The maximum atomic E-state index is 12.7. The maximum absolute atomic E-state index is 12.7. The zero-order valence-electron chi connectivity index (χ0n) is 14.1. The third kappa shape index (κ3) is 3.73. The van der Waals surface area contributed by atoms with Gasteiger partial charge < -0.3 is 4.98 Å². The highest BCUT2D eigenvalue weighted by molar-refractivity contribution is 7.89. The number of aromatic amines is 1. The van der Waals surface area contributed by atoms with Crippen LogP contribution in [0.5, 0.6) is 0 Å². The van der Waals surface area contributed by atoms with Crippen LogP contribution in [0.15, 0.2) is 47.5 Å². The molecule has 0 amide bonds. The van der Waals surface area contributed by atoms with Crippen LogP contribution in [0, 0.1) is 0 Å². The van der Waals surface area contributed by atoms with E-state index in [-0.39, 0.29) is 26.5 Å². The molecule has 0 aliphatic rings. The molecular formula is C18H17Cl3N2O2S. The van der Waals surface area contributed by atoms with Crippen LogP contribution in [0.4, 0.5) is 0 Å². The van der Waals surface area contributed by atoms with Gasteiger partial charge in [0, 0.05) is 34.1 Å². The topological polar surface area (TPSA) is 62.0 Å². The van der Waals surface area contributed by atoms with Crippen molar-refractivity contribution in [3.8, 4) is 0 Å². The number of halogens is 3. The predicted molar refractivity (Wildman–Crippen MR) is 108 cm³/mol. The van der Waals surface area contributed by atoms with Crippen molar-refractivity contribution in [2.24, 2.45) is 0 Å². The number of H-pyrrole nitrogens is 1. The van der Waals surface area contributed by atoms with E-state index in [2.05, 4.69) is 9.71 Å². The van der Waals surface area contributed by atoms with Gasteiger partial charge in [-0.15, -0.1) is 0 Å². The molecular weight excluding hydrogens is 415 g/mol. The van der Waals surface area contributed by atoms with E-state index in [1.54, 1.807) is 0 Å².